The second-order valence-corrected chi connectivity index (χ2v) is 5.03. The van der Waals surface area contributed by atoms with Crippen molar-refractivity contribution in [2.24, 2.45) is 11.8 Å². The van der Waals surface area contributed by atoms with Gasteiger partial charge in [0.25, 0.3) is 0 Å². The molecule has 1 fully saturated rings. The highest BCUT2D eigenvalue weighted by Gasteiger charge is 2.41. The van der Waals surface area contributed by atoms with Gasteiger partial charge in [0.05, 0.1) is 11.6 Å². The van der Waals surface area contributed by atoms with Crippen LogP contribution >= 0.6 is 0 Å². The fourth-order valence-corrected chi connectivity index (χ4v) is 2.73. The number of hydrazine groups is 1. The lowest BCUT2D eigenvalue weighted by atomic mass is 9.74. The highest BCUT2D eigenvalue weighted by atomic mass is 16.5. The summed E-state index contributed by atoms with van der Waals surface area (Å²) in [5.41, 5.74) is 2.81. The molecule has 0 amide bonds. The van der Waals surface area contributed by atoms with E-state index in [-0.39, 0.29) is 11.6 Å². The van der Waals surface area contributed by atoms with Crippen LogP contribution in [0.1, 0.15) is 52.9 Å². The van der Waals surface area contributed by atoms with Gasteiger partial charge < -0.3 is 4.74 Å². The average molecular weight is 238 g/mol. The number of hydrogen-bond donors (Lipinski definition) is 2. The van der Waals surface area contributed by atoms with Crippen molar-refractivity contribution in [3.63, 3.8) is 0 Å². The highest BCUT2D eigenvalue weighted by molar-refractivity contribution is 5.05. The summed E-state index contributed by atoms with van der Waals surface area (Å²) in [6, 6.07) is 0.141. The maximum Gasteiger partial charge on any atom is 0.0857 e. The van der Waals surface area contributed by atoms with Gasteiger partial charge in [0, 0.05) is 13.0 Å². The van der Waals surface area contributed by atoms with Gasteiger partial charge >= 0.3 is 0 Å². The monoisotopic (exact) mass is 238 g/mol. The molecule has 1 aliphatic rings. The molecule has 0 aliphatic heterocycles. The summed E-state index contributed by atoms with van der Waals surface area (Å²) in [5.74, 6) is 12.6. The number of nitrogens with one attached hydrogen (secondary N) is 1. The van der Waals surface area contributed by atoms with Crippen molar-refractivity contribution in [1.29, 1.82) is 0 Å². The topological polar surface area (TPSA) is 47.3 Å². The van der Waals surface area contributed by atoms with Crippen LogP contribution in [0, 0.1) is 17.8 Å². The van der Waals surface area contributed by atoms with E-state index in [4.69, 9.17) is 10.6 Å². The van der Waals surface area contributed by atoms with E-state index in [1.807, 2.05) is 6.92 Å². The zero-order valence-electron chi connectivity index (χ0n) is 11.4. The maximum atomic E-state index is 6.06. The second-order valence-electron chi connectivity index (χ2n) is 5.03. The molecule has 17 heavy (non-hydrogen) atoms. The van der Waals surface area contributed by atoms with Gasteiger partial charge in [-0.25, -0.2) is 0 Å². The largest absolute Gasteiger partial charge is 0.374 e. The molecule has 1 aliphatic carbocycles. The Hall–Kier alpha value is -0.560. The second kappa shape index (κ2) is 7.00. The van der Waals surface area contributed by atoms with Crippen molar-refractivity contribution in [2.45, 2.75) is 64.5 Å². The summed E-state index contributed by atoms with van der Waals surface area (Å²) >= 11 is 0. The normalized spacial score (nSPS) is 30.5. The Bertz CT molecular complexity index is 272. The third-order valence-corrected chi connectivity index (χ3v) is 3.87. The SMILES string of the molecule is CC#CCC(NN)C1(OCC)CCC(C)CC1. The lowest BCUT2D eigenvalue weighted by Gasteiger charge is -2.44. The Morgan fingerprint density at radius 1 is 1.47 bits per heavy atom. The summed E-state index contributed by atoms with van der Waals surface area (Å²) in [7, 11) is 0. The van der Waals surface area contributed by atoms with E-state index in [2.05, 4.69) is 31.1 Å². The quantitative estimate of drug-likeness (QED) is 0.438. The first-order chi connectivity index (χ1) is 8.18. The predicted molar refractivity (Wildman–Crippen MR) is 71.2 cm³/mol. The van der Waals surface area contributed by atoms with Crippen molar-refractivity contribution in [3.05, 3.63) is 0 Å². The Kier molecular flexibility index (Phi) is 5.97. The zero-order chi connectivity index (χ0) is 12.7. The molecule has 0 saturated heterocycles. The van der Waals surface area contributed by atoms with E-state index in [1.165, 1.54) is 12.8 Å². The molecule has 0 radical (unpaired) electrons. The maximum absolute atomic E-state index is 6.06. The van der Waals surface area contributed by atoms with Gasteiger partial charge in [-0.2, -0.15) is 0 Å². The molecule has 1 atom stereocenters. The molecule has 1 unspecified atom stereocenters. The molecule has 3 heteroatoms. The molecule has 3 N–H and O–H groups in total. The van der Waals surface area contributed by atoms with Crippen molar-refractivity contribution >= 4 is 0 Å². The highest BCUT2D eigenvalue weighted by Crippen LogP contribution is 2.37. The van der Waals surface area contributed by atoms with Crippen LogP contribution in [0.5, 0.6) is 0 Å². The lowest BCUT2D eigenvalue weighted by molar-refractivity contribution is -0.0952. The molecule has 0 heterocycles. The van der Waals surface area contributed by atoms with Crippen LogP contribution < -0.4 is 11.3 Å². The van der Waals surface area contributed by atoms with Crippen LogP contribution in [-0.2, 0) is 4.74 Å². The number of ether oxygens (including phenoxy) is 1. The Labute approximate surface area is 105 Å². The van der Waals surface area contributed by atoms with Gasteiger partial charge in [-0.05, 0) is 45.4 Å². The van der Waals surface area contributed by atoms with E-state index < -0.39 is 0 Å². The first-order valence-electron chi connectivity index (χ1n) is 6.68. The van der Waals surface area contributed by atoms with Gasteiger partial charge in [-0.1, -0.05) is 6.92 Å². The Morgan fingerprint density at radius 3 is 2.59 bits per heavy atom. The van der Waals surface area contributed by atoms with Crippen LogP contribution in [0.2, 0.25) is 0 Å². The average Bonchev–Trinajstić information content (AvgIpc) is 2.34. The summed E-state index contributed by atoms with van der Waals surface area (Å²) < 4.78 is 6.06. The summed E-state index contributed by atoms with van der Waals surface area (Å²) in [4.78, 5) is 0. The molecule has 0 spiro atoms. The van der Waals surface area contributed by atoms with Crippen LogP contribution in [0.4, 0.5) is 0 Å². The minimum absolute atomic E-state index is 0.111. The smallest absolute Gasteiger partial charge is 0.0857 e. The van der Waals surface area contributed by atoms with Crippen molar-refractivity contribution in [2.75, 3.05) is 6.61 Å². The molecule has 3 nitrogen and oxygen atoms in total. The minimum Gasteiger partial charge on any atom is -0.374 e. The number of rotatable bonds is 5. The Balaban J connectivity index is 2.75. The van der Waals surface area contributed by atoms with Crippen molar-refractivity contribution < 1.29 is 4.74 Å². The third-order valence-electron chi connectivity index (χ3n) is 3.87. The molecule has 0 aromatic rings. The molecule has 0 aromatic carbocycles. The Morgan fingerprint density at radius 2 is 2.12 bits per heavy atom. The minimum atomic E-state index is -0.111. The summed E-state index contributed by atoms with van der Waals surface area (Å²) in [6.45, 7) is 6.97. The van der Waals surface area contributed by atoms with Gasteiger partial charge in [0.15, 0.2) is 0 Å². The fourth-order valence-electron chi connectivity index (χ4n) is 2.73. The van der Waals surface area contributed by atoms with E-state index in [1.54, 1.807) is 0 Å². The lowest BCUT2D eigenvalue weighted by Crippen LogP contribution is -2.56. The van der Waals surface area contributed by atoms with E-state index in [0.29, 0.717) is 0 Å². The van der Waals surface area contributed by atoms with Gasteiger partial charge in [0.2, 0.25) is 0 Å². The van der Waals surface area contributed by atoms with Crippen LogP contribution in [0.3, 0.4) is 0 Å². The molecule has 1 rings (SSSR count). The molecular weight excluding hydrogens is 212 g/mol. The molecule has 98 valence electrons. The van der Waals surface area contributed by atoms with E-state index in [0.717, 1.165) is 31.8 Å². The fraction of sp³-hybridized carbons (Fsp3) is 0.857. The standard InChI is InChI=1S/C14H26N2O/c1-4-6-7-13(16-15)14(17-5-2)10-8-12(3)9-11-14/h12-13,16H,5,7-11,15H2,1-3H3. The van der Waals surface area contributed by atoms with Crippen LogP contribution in [-0.4, -0.2) is 18.2 Å². The van der Waals surface area contributed by atoms with Crippen LogP contribution in [0.15, 0.2) is 0 Å². The molecule has 1 saturated carbocycles. The number of hydrogen-bond acceptors (Lipinski definition) is 3. The summed E-state index contributed by atoms with van der Waals surface area (Å²) in [6.07, 6.45) is 5.38. The number of nitrogens with two attached hydrogens (primary N) is 1. The first kappa shape index (κ1) is 14.5. The van der Waals surface area contributed by atoms with Gasteiger partial charge in [-0.15, -0.1) is 11.8 Å². The van der Waals surface area contributed by atoms with Gasteiger partial charge in [0.1, 0.15) is 0 Å². The zero-order valence-corrected chi connectivity index (χ0v) is 11.4. The third kappa shape index (κ3) is 3.70. The first-order valence-corrected chi connectivity index (χ1v) is 6.68. The molecule has 0 bridgehead atoms. The van der Waals surface area contributed by atoms with E-state index >= 15 is 0 Å². The van der Waals surface area contributed by atoms with Crippen molar-refractivity contribution in [1.82, 2.24) is 5.43 Å². The predicted octanol–water partition coefficient (Wildman–Crippen LogP) is 2.22. The molecule has 0 aromatic heterocycles. The van der Waals surface area contributed by atoms with Gasteiger partial charge in [-0.3, -0.25) is 11.3 Å². The van der Waals surface area contributed by atoms with E-state index in [9.17, 15) is 0 Å². The van der Waals surface area contributed by atoms with Crippen LogP contribution in [0.25, 0.3) is 0 Å². The van der Waals surface area contributed by atoms with Crippen molar-refractivity contribution in [3.8, 4) is 11.8 Å². The molecular formula is C14H26N2O. The summed E-state index contributed by atoms with van der Waals surface area (Å²) in [5, 5.41) is 0.